The van der Waals surface area contributed by atoms with Gasteiger partial charge in [-0.05, 0) is 69.1 Å². The van der Waals surface area contributed by atoms with Gasteiger partial charge in [0.05, 0.1) is 42.9 Å². The Kier molecular flexibility index (Phi) is 8.30. The Labute approximate surface area is 245 Å². The first-order valence-corrected chi connectivity index (χ1v) is 14.6. The fraction of sp³-hybridized carbons (Fsp3) is 0.394. The summed E-state index contributed by atoms with van der Waals surface area (Å²) >= 11 is 0. The highest BCUT2D eigenvalue weighted by atomic mass is 16.5. The standard InChI is InChI=1S/C33H36N4O5/c1-22(38)24-8-6-23(7-9-24)21-42-32-5-3-4-28(35-32)25-12-15-36(16-13-25)20-31-34-29-11-10-26(33(39)40-2)18-30(29)37(31)19-27-14-17-41-27/h3-11,18,25,27H,12-17,19-21H2,1-2H3/t27-/m0/s1. The van der Waals surface area contributed by atoms with Crippen LogP contribution in [0.5, 0.6) is 5.88 Å². The Balaban J connectivity index is 1.09. The van der Waals surface area contributed by atoms with Crippen LogP contribution in [0.15, 0.2) is 60.7 Å². The average Bonchev–Trinajstić information content (AvgIpc) is 3.33. The first kappa shape index (κ1) is 28.1. The van der Waals surface area contributed by atoms with E-state index < -0.39 is 0 Å². The zero-order valence-electron chi connectivity index (χ0n) is 24.1. The molecule has 2 aromatic carbocycles. The van der Waals surface area contributed by atoms with Gasteiger partial charge in [0.15, 0.2) is 5.78 Å². The van der Waals surface area contributed by atoms with Gasteiger partial charge in [0.1, 0.15) is 12.4 Å². The quantitative estimate of drug-likeness (QED) is 0.191. The molecular weight excluding hydrogens is 532 g/mol. The van der Waals surface area contributed by atoms with Crippen LogP contribution in [0.3, 0.4) is 0 Å². The number of carbonyl (C=O) groups is 2. The second kappa shape index (κ2) is 12.4. The molecule has 4 heterocycles. The number of Topliss-reactive ketones (excluding diaryl/α,β-unsaturated/α-hetero) is 1. The molecule has 0 aliphatic carbocycles. The molecule has 4 aromatic rings. The first-order valence-electron chi connectivity index (χ1n) is 14.6. The maximum Gasteiger partial charge on any atom is 0.337 e. The minimum Gasteiger partial charge on any atom is -0.473 e. The van der Waals surface area contributed by atoms with Crippen LogP contribution in [0.25, 0.3) is 11.0 Å². The van der Waals surface area contributed by atoms with Gasteiger partial charge in [-0.3, -0.25) is 9.69 Å². The number of methoxy groups -OCH3 is 1. The van der Waals surface area contributed by atoms with Crippen molar-refractivity contribution in [2.24, 2.45) is 0 Å². The molecule has 0 spiro atoms. The molecule has 2 aromatic heterocycles. The molecule has 2 fully saturated rings. The highest BCUT2D eigenvalue weighted by Gasteiger charge is 2.26. The highest BCUT2D eigenvalue weighted by Crippen LogP contribution is 2.30. The predicted molar refractivity (Wildman–Crippen MR) is 158 cm³/mol. The topological polar surface area (TPSA) is 95.8 Å². The zero-order chi connectivity index (χ0) is 29.1. The summed E-state index contributed by atoms with van der Waals surface area (Å²) in [4.78, 5) is 35.9. The van der Waals surface area contributed by atoms with Crippen LogP contribution in [0.4, 0.5) is 0 Å². The number of piperidine rings is 1. The third-order valence-electron chi connectivity index (χ3n) is 8.29. The lowest BCUT2D eigenvalue weighted by molar-refractivity contribution is -0.0592. The van der Waals surface area contributed by atoms with Gasteiger partial charge in [0.25, 0.3) is 0 Å². The minimum absolute atomic E-state index is 0.0547. The molecule has 0 saturated carbocycles. The molecule has 9 heteroatoms. The van der Waals surface area contributed by atoms with E-state index in [-0.39, 0.29) is 17.9 Å². The number of aromatic nitrogens is 3. The normalized spacial score (nSPS) is 17.6. The number of esters is 1. The Hall–Kier alpha value is -4.08. The zero-order valence-corrected chi connectivity index (χ0v) is 24.1. The van der Waals surface area contributed by atoms with Crippen LogP contribution in [0.1, 0.15) is 69.9 Å². The van der Waals surface area contributed by atoms with E-state index >= 15 is 0 Å². The van der Waals surface area contributed by atoms with E-state index in [1.165, 1.54) is 7.11 Å². The van der Waals surface area contributed by atoms with Crippen molar-refractivity contribution in [2.75, 3.05) is 26.8 Å². The molecule has 0 N–H and O–H groups in total. The van der Waals surface area contributed by atoms with Gasteiger partial charge in [0.2, 0.25) is 5.88 Å². The summed E-state index contributed by atoms with van der Waals surface area (Å²) in [6.07, 6.45) is 3.21. The van der Waals surface area contributed by atoms with Crippen molar-refractivity contribution in [3.8, 4) is 5.88 Å². The molecular formula is C33H36N4O5. The number of benzene rings is 2. The Morgan fingerprint density at radius 3 is 2.43 bits per heavy atom. The van der Waals surface area contributed by atoms with Gasteiger partial charge in [-0.15, -0.1) is 0 Å². The SMILES string of the molecule is COC(=O)c1ccc2nc(CN3CCC(c4cccc(OCc5ccc(C(C)=O)cc5)n4)CC3)n(C[C@@H]3CCO3)c2c1. The van der Waals surface area contributed by atoms with Crippen LogP contribution in [-0.4, -0.2) is 64.1 Å². The van der Waals surface area contributed by atoms with E-state index in [1.807, 2.05) is 48.5 Å². The number of rotatable bonds is 10. The number of imidazole rings is 1. The van der Waals surface area contributed by atoms with Crippen molar-refractivity contribution in [1.82, 2.24) is 19.4 Å². The molecule has 2 aliphatic heterocycles. The van der Waals surface area contributed by atoms with Crippen LogP contribution in [-0.2, 0) is 29.2 Å². The summed E-state index contributed by atoms with van der Waals surface area (Å²) in [6, 6.07) is 19.0. The van der Waals surface area contributed by atoms with Crippen LogP contribution in [0, 0.1) is 0 Å². The first-order chi connectivity index (χ1) is 20.5. The Bertz CT molecular complexity index is 1570. The average molecular weight is 569 g/mol. The van der Waals surface area contributed by atoms with Crippen molar-refractivity contribution >= 4 is 22.8 Å². The van der Waals surface area contributed by atoms with Gasteiger partial charge in [0, 0.05) is 29.8 Å². The second-order valence-electron chi connectivity index (χ2n) is 11.1. The molecule has 9 nitrogen and oxygen atoms in total. The number of hydrogen-bond acceptors (Lipinski definition) is 8. The number of ether oxygens (including phenoxy) is 3. The van der Waals surface area contributed by atoms with E-state index in [1.54, 1.807) is 13.0 Å². The lowest BCUT2D eigenvalue weighted by atomic mass is 9.93. The monoisotopic (exact) mass is 568 g/mol. The smallest absolute Gasteiger partial charge is 0.337 e. The number of carbonyl (C=O) groups excluding carboxylic acids is 2. The molecule has 2 aliphatic rings. The molecule has 42 heavy (non-hydrogen) atoms. The highest BCUT2D eigenvalue weighted by molar-refractivity contribution is 5.94. The summed E-state index contributed by atoms with van der Waals surface area (Å²) < 4.78 is 18.9. The third kappa shape index (κ3) is 6.22. The van der Waals surface area contributed by atoms with Crippen molar-refractivity contribution in [3.63, 3.8) is 0 Å². The largest absolute Gasteiger partial charge is 0.473 e. The van der Waals surface area contributed by atoms with E-state index in [4.69, 9.17) is 24.2 Å². The maximum absolute atomic E-state index is 12.2. The summed E-state index contributed by atoms with van der Waals surface area (Å²) in [5.41, 5.74) is 5.10. The predicted octanol–water partition coefficient (Wildman–Crippen LogP) is 5.17. The molecule has 0 unspecified atom stereocenters. The lowest BCUT2D eigenvalue weighted by Crippen LogP contribution is -2.35. The summed E-state index contributed by atoms with van der Waals surface area (Å²) in [5, 5.41) is 0. The Morgan fingerprint density at radius 2 is 1.74 bits per heavy atom. The van der Waals surface area contributed by atoms with Crippen LogP contribution < -0.4 is 4.74 Å². The number of nitrogens with zero attached hydrogens (tertiary/aromatic N) is 4. The molecule has 1 atom stereocenters. The molecule has 6 rings (SSSR count). The van der Waals surface area contributed by atoms with Crippen molar-refractivity contribution in [3.05, 3.63) is 88.9 Å². The van der Waals surface area contributed by atoms with E-state index in [0.717, 1.165) is 80.2 Å². The Morgan fingerprint density at radius 1 is 0.976 bits per heavy atom. The number of fused-ring (bicyclic) bond motifs is 1. The van der Waals surface area contributed by atoms with Crippen molar-refractivity contribution in [1.29, 1.82) is 0 Å². The van der Waals surface area contributed by atoms with Crippen molar-refractivity contribution in [2.45, 2.75) is 57.9 Å². The van der Waals surface area contributed by atoms with Gasteiger partial charge in [-0.25, -0.2) is 14.8 Å². The molecule has 0 amide bonds. The third-order valence-corrected chi connectivity index (χ3v) is 8.29. The van der Waals surface area contributed by atoms with Crippen LogP contribution in [0.2, 0.25) is 0 Å². The van der Waals surface area contributed by atoms with E-state index in [0.29, 0.717) is 29.5 Å². The lowest BCUT2D eigenvalue weighted by Gasteiger charge is -2.32. The number of hydrogen-bond donors (Lipinski definition) is 0. The number of pyridine rings is 1. The van der Waals surface area contributed by atoms with E-state index in [2.05, 4.69) is 15.5 Å². The van der Waals surface area contributed by atoms with Gasteiger partial charge in [-0.1, -0.05) is 30.3 Å². The minimum atomic E-state index is -0.348. The summed E-state index contributed by atoms with van der Waals surface area (Å²) in [5.74, 6) is 1.68. The fourth-order valence-corrected chi connectivity index (χ4v) is 5.69. The van der Waals surface area contributed by atoms with Gasteiger partial charge < -0.3 is 18.8 Å². The second-order valence-corrected chi connectivity index (χ2v) is 11.1. The summed E-state index contributed by atoms with van der Waals surface area (Å²) in [7, 11) is 1.40. The number of likely N-dealkylation sites (tertiary alicyclic amines) is 1. The van der Waals surface area contributed by atoms with Gasteiger partial charge in [-0.2, -0.15) is 0 Å². The van der Waals surface area contributed by atoms with Crippen molar-refractivity contribution < 1.29 is 23.8 Å². The number of ketones is 1. The summed E-state index contributed by atoms with van der Waals surface area (Å²) in [6.45, 7) is 6.11. The van der Waals surface area contributed by atoms with E-state index in [9.17, 15) is 9.59 Å². The molecule has 218 valence electrons. The van der Waals surface area contributed by atoms with Gasteiger partial charge >= 0.3 is 5.97 Å². The van der Waals surface area contributed by atoms with Crippen LogP contribution >= 0.6 is 0 Å². The fourth-order valence-electron chi connectivity index (χ4n) is 5.69. The maximum atomic E-state index is 12.2. The molecule has 2 saturated heterocycles. The molecule has 0 radical (unpaired) electrons. The molecule has 0 bridgehead atoms.